The van der Waals surface area contributed by atoms with E-state index in [9.17, 15) is 4.79 Å². The number of benzene rings is 1. The number of hydrogen-bond acceptors (Lipinski definition) is 2. The topological polar surface area (TPSA) is 42.1 Å². The molecule has 2 rings (SSSR count). The Bertz CT molecular complexity index is 565. The first-order valence-electron chi connectivity index (χ1n) is 5.30. The summed E-state index contributed by atoms with van der Waals surface area (Å²) in [5.41, 5.74) is 1.45. The van der Waals surface area contributed by atoms with Crippen molar-refractivity contribution in [2.45, 2.75) is 6.42 Å². The van der Waals surface area contributed by atoms with E-state index in [1.54, 1.807) is 25.4 Å². The van der Waals surface area contributed by atoms with E-state index < -0.39 is 0 Å². The van der Waals surface area contributed by atoms with Crippen LogP contribution in [0.15, 0.2) is 39.4 Å². The Kier molecular flexibility index (Phi) is 4.24. The quantitative estimate of drug-likeness (QED) is 0.825. The molecule has 1 aromatic heterocycles. The van der Waals surface area contributed by atoms with Crippen LogP contribution in [0.3, 0.4) is 0 Å². The van der Waals surface area contributed by atoms with Gasteiger partial charge in [0, 0.05) is 22.7 Å². The molecule has 0 saturated heterocycles. The first-order chi connectivity index (χ1) is 8.61. The third kappa shape index (κ3) is 2.84. The standard InChI is InChI=1S/C13H11Br2NO2/c1-18-13-8(5-9(14)7-10(13)15)6-12(17)11-3-2-4-16-11/h2-5,7,16H,6H2,1H3. The maximum Gasteiger partial charge on any atom is 0.183 e. The highest BCUT2D eigenvalue weighted by Crippen LogP contribution is 2.33. The van der Waals surface area contributed by atoms with Crippen molar-refractivity contribution in [3.8, 4) is 5.75 Å². The average Bonchev–Trinajstić information content (AvgIpc) is 2.81. The fourth-order valence-electron chi connectivity index (χ4n) is 1.75. The summed E-state index contributed by atoms with van der Waals surface area (Å²) in [6, 6.07) is 7.36. The van der Waals surface area contributed by atoms with Crippen molar-refractivity contribution >= 4 is 37.6 Å². The van der Waals surface area contributed by atoms with Crippen LogP contribution in [0.1, 0.15) is 16.1 Å². The molecule has 0 radical (unpaired) electrons. The van der Waals surface area contributed by atoms with E-state index in [4.69, 9.17) is 4.74 Å². The van der Waals surface area contributed by atoms with Gasteiger partial charge in [0.05, 0.1) is 17.3 Å². The van der Waals surface area contributed by atoms with E-state index in [0.717, 1.165) is 14.5 Å². The minimum atomic E-state index is 0.0308. The fraction of sp³-hybridized carbons (Fsp3) is 0.154. The van der Waals surface area contributed by atoms with Crippen molar-refractivity contribution in [1.82, 2.24) is 4.98 Å². The predicted octanol–water partition coefficient (Wildman–Crippen LogP) is 3.97. The second-order valence-corrected chi connectivity index (χ2v) is 5.53. The van der Waals surface area contributed by atoms with Gasteiger partial charge in [0.2, 0.25) is 0 Å². The molecule has 0 atom stereocenters. The van der Waals surface area contributed by atoms with Crippen LogP contribution in [0.25, 0.3) is 0 Å². The maximum absolute atomic E-state index is 12.0. The summed E-state index contributed by atoms with van der Waals surface area (Å²) in [5, 5.41) is 0. The lowest BCUT2D eigenvalue weighted by molar-refractivity contribution is 0.0988. The Hall–Kier alpha value is -1.07. The number of nitrogens with one attached hydrogen (secondary N) is 1. The van der Waals surface area contributed by atoms with Crippen LogP contribution in [0.5, 0.6) is 5.75 Å². The first-order valence-corrected chi connectivity index (χ1v) is 6.89. The molecule has 1 aromatic carbocycles. The van der Waals surface area contributed by atoms with Crippen LogP contribution >= 0.6 is 31.9 Å². The molecule has 18 heavy (non-hydrogen) atoms. The summed E-state index contributed by atoms with van der Waals surface area (Å²) in [6.45, 7) is 0. The van der Waals surface area contributed by atoms with Gasteiger partial charge in [-0.3, -0.25) is 4.79 Å². The van der Waals surface area contributed by atoms with Crippen LogP contribution in [0.2, 0.25) is 0 Å². The number of rotatable bonds is 4. The van der Waals surface area contributed by atoms with E-state index in [1.165, 1.54) is 0 Å². The number of aromatic nitrogens is 1. The maximum atomic E-state index is 12.0. The number of Topliss-reactive ketones (excluding diaryl/α,β-unsaturated/α-hetero) is 1. The predicted molar refractivity (Wildman–Crippen MR) is 77.2 cm³/mol. The second-order valence-electron chi connectivity index (χ2n) is 3.76. The summed E-state index contributed by atoms with van der Waals surface area (Å²) in [4.78, 5) is 15.0. The van der Waals surface area contributed by atoms with E-state index in [-0.39, 0.29) is 5.78 Å². The second kappa shape index (κ2) is 5.71. The monoisotopic (exact) mass is 371 g/mol. The van der Waals surface area contributed by atoms with Crippen LogP contribution in [0.4, 0.5) is 0 Å². The molecule has 1 N–H and O–H groups in total. The minimum absolute atomic E-state index is 0.0308. The zero-order valence-corrected chi connectivity index (χ0v) is 12.8. The van der Waals surface area contributed by atoms with Crippen molar-refractivity contribution < 1.29 is 9.53 Å². The summed E-state index contributed by atoms with van der Waals surface area (Å²) in [5.74, 6) is 0.724. The number of carbonyl (C=O) groups excluding carboxylic acids is 1. The Labute approximate surface area is 122 Å². The Morgan fingerprint density at radius 1 is 1.39 bits per heavy atom. The molecular weight excluding hydrogens is 362 g/mol. The van der Waals surface area contributed by atoms with E-state index >= 15 is 0 Å². The molecule has 2 aromatic rings. The van der Waals surface area contributed by atoms with Crippen LogP contribution in [0, 0.1) is 0 Å². The van der Waals surface area contributed by atoms with Crippen molar-refractivity contribution in [1.29, 1.82) is 0 Å². The molecule has 0 bridgehead atoms. The zero-order valence-electron chi connectivity index (χ0n) is 9.67. The van der Waals surface area contributed by atoms with Gasteiger partial charge in [-0.1, -0.05) is 15.9 Å². The van der Waals surface area contributed by atoms with Crippen molar-refractivity contribution in [3.05, 3.63) is 50.7 Å². The molecule has 0 saturated carbocycles. The Morgan fingerprint density at radius 2 is 2.17 bits per heavy atom. The normalized spacial score (nSPS) is 10.4. The SMILES string of the molecule is COc1c(Br)cc(Br)cc1CC(=O)c1ccc[nH]1. The molecule has 5 heteroatoms. The molecule has 0 aliphatic carbocycles. The van der Waals surface area contributed by atoms with Gasteiger partial charge in [-0.2, -0.15) is 0 Å². The molecule has 0 aliphatic rings. The highest BCUT2D eigenvalue weighted by atomic mass is 79.9. The molecule has 94 valence electrons. The van der Waals surface area contributed by atoms with Gasteiger partial charge < -0.3 is 9.72 Å². The van der Waals surface area contributed by atoms with Gasteiger partial charge in [0.15, 0.2) is 5.78 Å². The van der Waals surface area contributed by atoms with Gasteiger partial charge >= 0.3 is 0 Å². The summed E-state index contributed by atoms with van der Waals surface area (Å²) < 4.78 is 7.05. The number of ketones is 1. The molecular formula is C13H11Br2NO2. The molecule has 0 amide bonds. The summed E-state index contributed by atoms with van der Waals surface area (Å²) in [6.07, 6.45) is 2.03. The highest BCUT2D eigenvalue weighted by molar-refractivity contribution is 9.11. The van der Waals surface area contributed by atoms with E-state index in [1.807, 2.05) is 12.1 Å². The highest BCUT2D eigenvalue weighted by Gasteiger charge is 2.14. The van der Waals surface area contributed by atoms with Gasteiger partial charge in [0.25, 0.3) is 0 Å². The van der Waals surface area contributed by atoms with Gasteiger partial charge in [-0.25, -0.2) is 0 Å². The zero-order chi connectivity index (χ0) is 13.1. The van der Waals surface area contributed by atoms with Crippen molar-refractivity contribution in [3.63, 3.8) is 0 Å². The van der Waals surface area contributed by atoms with Crippen LogP contribution in [-0.2, 0) is 6.42 Å². The van der Waals surface area contributed by atoms with Crippen LogP contribution < -0.4 is 4.74 Å². The number of ether oxygens (including phenoxy) is 1. The lowest BCUT2D eigenvalue weighted by Crippen LogP contribution is -2.05. The lowest BCUT2D eigenvalue weighted by Gasteiger charge is -2.10. The van der Waals surface area contributed by atoms with Crippen LogP contribution in [-0.4, -0.2) is 17.9 Å². The number of halogens is 2. The molecule has 0 spiro atoms. The van der Waals surface area contributed by atoms with Gasteiger partial charge in [0.1, 0.15) is 5.75 Å². The molecule has 1 heterocycles. The smallest absolute Gasteiger partial charge is 0.183 e. The number of H-pyrrole nitrogens is 1. The van der Waals surface area contributed by atoms with Crippen molar-refractivity contribution in [2.24, 2.45) is 0 Å². The van der Waals surface area contributed by atoms with E-state index in [2.05, 4.69) is 36.8 Å². The number of methoxy groups -OCH3 is 1. The average molecular weight is 373 g/mol. The number of aromatic amines is 1. The van der Waals surface area contributed by atoms with Gasteiger partial charge in [-0.15, -0.1) is 0 Å². The Morgan fingerprint density at radius 3 is 2.78 bits per heavy atom. The molecule has 3 nitrogen and oxygen atoms in total. The van der Waals surface area contributed by atoms with Crippen molar-refractivity contribution in [2.75, 3.05) is 7.11 Å². The summed E-state index contributed by atoms with van der Waals surface area (Å²) >= 11 is 6.83. The third-order valence-corrected chi connectivity index (χ3v) is 3.59. The molecule has 0 fully saturated rings. The Balaban J connectivity index is 2.31. The lowest BCUT2D eigenvalue weighted by atomic mass is 10.1. The molecule has 0 aliphatic heterocycles. The van der Waals surface area contributed by atoms with Gasteiger partial charge in [-0.05, 0) is 40.2 Å². The first kappa shape index (κ1) is 13.4. The fourth-order valence-corrected chi connectivity index (χ4v) is 3.22. The summed E-state index contributed by atoms with van der Waals surface area (Å²) in [7, 11) is 1.59. The largest absolute Gasteiger partial charge is 0.495 e. The molecule has 0 unspecified atom stereocenters. The number of carbonyl (C=O) groups is 1. The van der Waals surface area contributed by atoms with E-state index in [0.29, 0.717) is 17.9 Å². The third-order valence-electron chi connectivity index (χ3n) is 2.54. The number of hydrogen-bond donors (Lipinski definition) is 1. The minimum Gasteiger partial charge on any atom is -0.495 e.